The summed E-state index contributed by atoms with van der Waals surface area (Å²) in [6, 6.07) is 6.28. The van der Waals surface area contributed by atoms with E-state index < -0.39 is 10.0 Å². The van der Waals surface area contributed by atoms with Gasteiger partial charge in [0.25, 0.3) is 0 Å². The molecule has 1 aliphatic heterocycles. The van der Waals surface area contributed by atoms with E-state index >= 15 is 0 Å². The smallest absolute Gasteiger partial charge is 0.241 e. The molecule has 1 aromatic rings. The monoisotopic (exact) mass is 322 g/mol. The first kappa shape index (κ1) is 15.1. The third-order valence-corrected chi connectivity index (χ3v) is 5.63. The molecule has 0 amide bonds. The Balaban J connectivity index is 0.00000133. The van der Waals surface area contributed by atoms with Gasteiger partial charge in [0.05, 0.1) is 4.90 Å². The fourth-order valence-electron chi connectivity index (χ4n) is 2.35. The number of rotatable bonds is 4. The van der Waals surface area contributed by atoms with Gasteiger partial charge >= 0.3 is 0 Å². The second kappa shape index (κ2) is 5.22. The molecule has 2 fully saturated rings. The van der Waals surface area contributed by atoms with E-state index in [-0.39, 0.29) is 22.8 Å². The first-order valence-corrected chi connectivity index (χ1v) is 7.88. The largest absolute Gasteiger partial charge is 0.316 e. The zero-order chi connectivity index (χ0) is 12.8. The summed E-state index contributed by atoms with van der Waals surface area (Å²) in [5.74, 6) is 0.430. The van der Waals surface area contributed by atoms with Crippen LogP contribution in [0.4, 0.5) is 0 Å². The predicted molar refractivity (Wildman–Crippen MR) is 77.3 cm³/mol. The predicted octanol–water partition coefficient (Wildman–Crippen LogP) is 1.79. The van der Waals surface area contributed by atoms with Gasteiger partial charge in [0.1, 0.15) is 0 Å². The summed E-state index contributed by atoms with van der Waals surface area (Å²) < 4.78 is 27.4. The van der Waals surface area contributed by atoms with Crippen molar-refractivity contribution in [3.63, 3.8) is 0 Å². The number of hydrogen-bond donors (Lipinski definition) is 2. The Labute approximate surface area is 124 Å². The Bertz CT molecular complexity index is 552. The molecule has 19 heavy (non-hydrogen) atoms. The Morgan fingerprint density at radius 2 is 1.79 bits per heavy atom. The van der Waals surface area contributed by atoms with E-state index in [1.165, 1.54) is 0 Å². The summed E-state index contributed by atoms with van der Waals surface area (Å²) in [5, 5.41) is 3.73. The maximum absolute atomic E-state index is 12.3. The van der Waals surface area contributed by atoms with Crippen molar-refractivity contribution in [1.29, 1.82) is 0 Å². The van der Waals surface area contributed by atoms with Crippen molar-refractivity contribution >= 4 is 34.0 Å². The van der Waals surface area contributed by atoms with Crippen molar-refractivity contribution in [3.05, 3.63) is 29.3 Å². The van der Waals surface area contributed by atoms with Crippen molar-refractivity contribution in [1.82, 2.24) is 10.0 Å². The SMILES string of the molecule is Cl.O=S(=O)(NC1(C2CNC2)CC1)c1ccc(Cl)cc1. The zero-order valence-corrected chi connectivity index (χ0v) is 12.6. The highest BCUT2D eigenvalue weighted by Gasteiger charge is 2.53. The first-order valence-electron chi connectivity index (χ1n) is 6.02. The van der Waals surface area contributed by atoms with E-state index in [9.17, 15) is 8.42 Å². The van der Waals surface area contributed by atoms with Gasteiger partial charge in [0, 0.05) is 29.6 Å². The van der Waals surface area contributed by atoms with Crippen LogP contribution in [0, 0.1) is 5.92 Å². The average molecular weight is 323 g/mol. The van der Waals surface area contributed by atoms with E-state index in [4.69, 9.17) is 11.6 Å². The van der Waals surface area contributed by atoms with Crippen LogP contribution in [0.5, 0.6) is 0 Å². The van der Waals surface area contributed by atoms with Gasteiger partial charge in [-0.3, -0.25) is 0 Å². The lowest BCUT2D eigenvalue weighted by atomic mass is 9.92. The molecule has 0 aromatic heterocycles. The molecule has 3 rings (SSSR count). The summed E-state index contributed by atoms with van der Waals surface area (Å²) in [5.41, 5.74) is -0.205. The minimum absolute atomic E-state index is 0. The van der Waals surface area contributed by atoms with Crippen LogP contribution in [0.25, 0.3) is 0 Å². The van der Waals surface area contributed by atoms with Crippen LogP contribution in [0.1, 0.15) is 12.8 Å². The van der Waals surface area contributed by atoms with E-state index in [0.717, 1.165) is 25.9 Å². The molecular weight excluding hydrogens is 307 g/mol. The second-order valence-electron chi connectivity index (χ2n) is 5.07. The van der Waals surface area contributed by atoms with Crippen LogP contribution in [-0.2, 0) is 10.0 Å². The fraction of sp³-hybridized carbons (Fsp3) is 0.500. The lowest BCUT2D eigenvalue weighted by Crippen LogP contribution is -2.56. The Kier molecular flexibility index (Phi) is 4.14. The molecular formula is C12H16Cl2N2O2S. The van der Waals surface area contributed by atoms with Gasteiger partial charge in [-0.25, -0.2) is 13.1 Å². The molecule has 2 aliphatic rings. The van der Waals surface area contributed by atoms with Crippen LogP contribution in [0.3, 0.4) is 0 Å². The molecule has 1 aromatic carbocycles. The molecule has 2 N–H and O–H groups in total. The molecule has 0 unspecified atom stereocenters. The molecule has 1 aliphatic carbocycles. The summed E-state index contributed by atoms with van der Waals surface area (Å²) in [6.07, 6.45) is 1.87. The zero-order valence-electron chi connectivity index (χ0n) is 10.2. The molecule has 0 bridgehead atoms. The van der Waals surface area contributed by atoms with E-state index in [2.05, 4.69) is 10.0 Å². The molecule has 0 atom stereocenters. The van der Waals surface area contributed by atoms with Gasteiger partial charge in [-0.15, -0.1) is 12.4 Å². The fourth-order valence-corrected chi connectivity index (χ4v) is 3.99. The Morgan fingerprint density at radius 1 is 1.21 bits per heavy atom. The topological polar surface area (TPSA) is 58.2 Å². The van der Waals surface area contributed by atoms with Gasteiger partial charge in [-0.05, 0) is 37.1 Å². The second-order valence-corrected chi connectivity index (χ2v) is 7.19. The van der Waals surface area contributed by atoms with Crippen LogP contribution < -0.4 is 10.0 Å². The van der Waals surface area contributed by atoms with Crippen LogP contribution in [-0.4, -0.2) is 27.0 Å². The van der Waals surface area contributed by atoms with Crippen LogP contribution >= 0.6 is 24.0 Å². The van der Waals surface area contributed by atoms with Crippen LogP contribution in [0.15, 0.2) is 29.2 Å². The van der Waals surface area contributed by atoms with Gasteiger partial charge in [-0.1, -0.05) is 11.6 Å². The highest BCUT2D eigenvalue weighted by molar-refractivity contribution is 7.89. The number of hydrogen-bond acceptors (Lipinski definition) is 3. The molecule has 0 spiro atoms. The van der Waals surface area contributed by atoms with E-state index in [0.29, 0.717) is 10.9 Å². The van der Waals surface area contributed by atoms with Crippen molar-refractivity contribution < 1.29 is 8.42 Å². The summed E-state index contributed by atoms with van der Waals surface area (Å²) in [6.45, 7) is 1.81. The highest BCUT2D eigenvalue weighted by atomic mass is 35.5. The molecule has 4 nitrogen and oxygen atoms in total. The maximum atomic E-state index is 12.3. The average Bonchev–Trinajstić information content (AvgIpc) is 2.95. The minimum Gasteiger partial charge on any atom is -0.316 e. The molecule has 1 heterocycles. The molecule has 1 saturated heterocycles. The van der Waals surface area contributed by atoms with Gasteiger partial charge in [0.2, 0.25) is 10.0 Å². The van der Waals surface area contributed by atoms with Crippen molar-refractivity contribution in [2.24, 2.45) is 5.92 Å². The highest BCUT2D eigenvalue weighted by Crippen LogP contribution is 2.45. The lowest BCUT2D eigenvalue weighted by Gasteiger charge is -2.35. The van der Waals surface area contributed by atoms with Crippen LogP contribution in [0.2, 0.25) is 5.02 Å². The van der Waals surface area contributed by atoms with Gasteiger partial charge in [-0.2, -0.15) is 0 Å². The standard InChI is InChI=1S/C12H15ClN2O2S.ClH/c13-10-1-3-11(4-2-10)18(16,17)15-12(5-6-12)9-7-14-8-9;/h1-4,9,14-15H,5-8H2;1H. The number of nitrogens with one attached hydrogen (secondary N) is 2. The normalized spacial score (nSPS) is 21.3. The third-order valence-electron chi connectivity index (χ3n) is 3.81. The molecule has 106 valence electrons. The molecule has 0 radical (unpaired) electrons. The Hall–Kier alpha value is -0.330. The van der Waals surface area contributed by atoms with Crippen molar-refractivity contribution in [2.45, 2.75) is 23.3 Å². The summed E-state index contributed by atoms with van der Waals surface area (Å²) >= 11 is 5.77. The lowest BCUT2D eigenvalue weighted by molar-refractivity contribution is 0.262. The number of benzene rings is 1. The number of sulfonamides is 1. The number of halogens is 2. The quantitative estimate of drug-likeness (QED) is 0.888. The van der Waals surface area contributed by atoms with E-state index in [1.807, 2.05) is 0 Å². The van der Waals surface area contributed by atoms with Gasteiger partial charge < -0.3 is 5.32 Å². The molecule has 7 heteroatoms. The summed E-state index contributed by atoms with van der Waals surface area (Å²) in [4.78, 5) is 0.283. The van der Waals surface area contributed by atoms with Crippen molar-refractivity contribution in [3.8, 4) is 0 Å². The third kappa shape index (κ3) is 2.90. The maximum Gasteiger partial charge on any atom is 0.241 e. The minimum atomic E-state index is -3.43. The summed E-state index contributed by atoms with van der Waals surface area (Å²) in [7, 11) is -3.43. The Morgan fingerprint density at radius 3 is 2.21 bits per heavy atom. The van der Waals surface area contributed by atoms with Crippen molar-refractivity contribution in [2.75, 3.05) is 13.1 Å². The molecule has 1 saturated carbocycles. The van der Waals surface area contributed by atoms with E-state index in [1.54, 1.807) is 24.3 Å². The van der Waals surface area contributed by atoms with Gasteiger partial charge in [0.15, 0.2) is 0 Å². The first-order chi connectivity index (χ1) is 8.52.